The van der Waals surface area contributed by atoms with Crippen LogP contribution in [0.5, 0.6) is 0 Å². The number of carboxylic acids is 1. The molecule has 0 bridgehead atoms. The normalized spacial score (nSPS) is 22.6. The fourth-order valence-electron chi connectivity index (χ4n) is 2.31. The molecule has 2 fully saturated rings. The molecule has 1 atom stereocenters. The van der Waals surface area contributed by atoms with Gasteiger partial charge in [-0.2, -0.15) is 0 Å². The van der Waals surface area contributed by atoms with Crippen LogP contribution in [-0.2, 0) is 24.2 Å². The van der Waals surface area contributed by atoms with Crippen molar-refractivity contribution in [2.24, 2.45) is 5.92 Å². The third-order valence-electron chi connectivity index (χ3n) is 4.14. The number of carbonyl (C=O) groups excluding carboxylic acids is 1. The van der Waals surface area contributed by atoms with Gasteiger partial charge in [0.05, 0.1) is 25.4 Å². The fourth-order valence-corrected chi connectivity index (χ4v) is 4.24. The second kappa shape index (κ2) is 5.92. The van der Waals surface area contributed by atoms with Crippen molar-refractivity contribution in [1.29, 1.82) is 0 Å². The van der Waals surface area contributed by atoms with Crippen LogP contribution in [0.4, 0.5) is 0 Å². The van der Waals surface area contributed by atoms with E-state index >= 15 is 0 Å². The van der Waals surface area contributed by atoms with Crippen LogP contribution in [-0.4, -0.2) is 67.1 Å². The molecule has 1 saturated heterocycles. The number of amides is 1. The van der Waals surface area contributed by atoms with E-state index in [0.29, 0.717) is 26.3 Å². The van der Waals surface area contributed by atoms with Crippen molar-refractivity contribution in [2.75, 3.05) is 32.1 Å². The molecule has 1 amide bonds. The Kier molecular flexibility index (Phi) is 4.57. The molecule has 0 unspecified atom stereocenters. The maximum atomic E-state index is 12.4. The molecule has 7 nitrogen and oxygen atoms in total. The van der Waals surface area contributed by atoms with Crippen LogP contribution in [0, 0.1) is 5.92 Å². The first-order valence-corrected chi connectivity index (χ1v) is 8.73. The summed E-state index contributed by atoms with van der Waals surface area (Å²) in [5, 5.41) is 9.37. The molecular formula is C13H21NO6S. The van der Waals surface area contributed by atoms with Gasteiger partial charge in [-0.15, -0.1) is 0 Å². The predicted octanol–water partition coefficient (Wildman–Crippen LogP) is -0.0966. The molecule has 1 saturated carbocycles. The van der Waals surface area contributed by atoms with Gasteiger partial charge >= 0.3 is 5.97 Å². The predicted molar refractivity (Wildman–Crippen MR) is 74.6 cm³/mol. The number of nitrogens with zero attached hydrogens (tertiary/aromatic N) is 1. The van der Waals surface area contributed by atoms with Crippen molar-refractivity contribution >= 4 is 21.7 Å². The van der Waals surface area contributed by atoms with Gasteiger partial charge in [0.1, 0.15) is 0 Å². The Balaban J connectivity index is 2.13. The molecule has 0 aromatic carbocycles. The van der Waals surface area contributed by atoms with Crippen LogP contribution in [0.15, 0.2) is 0 Å². The van der Waals surface area contributed by atoms with E-state index in [9.17, 15) is 23.1 Å². The lowest BCUT2D eigenvalue weighted by molar-refractivity contribution is -0.145. The number of hydrogen-bond donors (Lipinski definition) is 1. The van der Waals surface area contributed by atoms with Crippen molar-refractivity contribution < 1.29 is 27.9 Å². The highest BCUT2D eigenvalue weighted by Gasteiger charge is 2.50. The zero-order valence-electron chi connectivity index (χ0n) is 12.1. The number of sulfone groups is 1. The number of carboxylic acid groups (broad SMARTS) is 1. The van der Waals surface area contributed by atoms with Gasteiger partial charge in [-0.05, 0) is 25.7 Å². The van der Waals surface area contributed by atoms with Gasteiger partial charge in [0.25, 0.3) is 0 Å². The van der Waals surface area contributed by atoms with Gasteiger partial charge in [-0.25, -0.2) is 8.42 Å². The third kappa shape index (κ3) is 3.55. The Bertz CT molecular complexity index is 521. The second-order valence-corrected chi connectivity index (χ2v) is 8.39. The van der Waals surface area contributed by atoms with E-state index in [0.717, 1.165) is 19.8 Å². The molecule has 0 radical (unpaired) electrons. The van der Waals surface area contributed by atoms with Crippen LogP contribution in [0.2, 0.25) is 0 Å². The highest BCUT2D eigenvalue weighted by Crippen LogP contribution is 2.35. The lowest BCUT2D eigenvalue weighted by Gasteiger charge is -2.31. The van der Waals surface area contributed by atoms with E-state index in [2.05, 4.69) is 0 Å². The molecule has 21 heavy (non-hydrogen) atoms. The SMILES string of the molecule is C[C@@](CC(=O)N1CCOCC1)(C(=O)O)S(=O)(=O)CC1CC1. The zero-order valence-corrected chi connectivity index (χ0v) is 12.9. The van der Waals surface area contributed by atoms with Gasteiger partial charge in [-0.3, -0.25) is 9.59 Å². The number of carbonyl (C=O) groups is 2. The molecule has 0 aromatic rings. The lowest BCUT2D eigenvalue weighted by Crippen LogP contribution is -2.51. The summed E-state index contributed by atoms with van der Waals surface area (Å²) < 4.78 is 27.8. The average Bonchev–Trinajstić information content (AvgIpc) is 3.22. The minimum Gasteiger partial charge on any atom is -0.480 e. The van der Waals surface area contributed by atoms with Crippen molar-refractivity contribution in [3.8, 4) is 0 Å². The first kappa shape index (κ1) is 16.2. The maximum absolute atomic E-state index is 12.4. The van der Waals surface area contributed by atoms with E-state index in [4.69, 9.17) is 4.74 Å². The van der Waals surface area contributed by atoms with Crippen LogP contribution in [0.1, 0.15) is 26.2 Å². The smallest absolute Gasteiger partial charge is 0.325 e. The molecule has 1 heterocycles. The van der Waals surface area contributed by atoms with Crippen LogP contribution in [0.25, 0.3) is 0 Å². The average molecular weight is 319 g/mol. The van der Waals surface area contributed by atoms with Crippen LogP contribution >= 0.6 is 0 Å². The molecule has 1 aliphatic carbocycles. The fraction of sp³-hybridized carbons (Fsp3) is 0.846. The Morgan fingerprint density at radius 1 is 1.29 bits per heavy atom. The Hall–Kier alpha value is -1.15. The largest absolute Gasteiger partial charge is 0.480 e. The van der Waals surface area contributed by atoms with Crippen LogP contribution < -0.4 is 0 Å². The van der Waals surface area contributed by atoms with Crippen LogP contribution in [0.3, 0.4) is 0 Å². The highest BCUT2D eigenvalue weighted by molar-refractivity contribution is 7.93. The van der Waals surface area contributed by atoms with E-state index in [-0.39, 0.29) is 11.7 Å². The topological polar surface area (TPSA) is 101 Å². The van der Waals surface area contributed by atoms with E-state index < -0.39 is 32.9 Å². The van der Waals surface area contributed by atoms with Crippen molar-refractivity contribution in [3.05, 3.63) is 0 Å². The first-order valence-electron chi connectivity index (χ1n) is 7.07. The molecule has 0 spiro atoms. The summed E-state index contributed by atoms with van der Waals surface area (Å²) in [6, 6.07) is 0. The summed E-state index contributed by atoms with van der Waals surface area (Å²) in [4.78, 5) is 25.2. The number of hydrogen-bond acceptors (Lipinski definition) is 5. The minimum atomic E-state index is -3.87. The summed E-state index contributed by atoms with van der Waals surface area (Å²) in [6.07, 6.45) is 1.11. The van der Waals surface area contributed by atoms with Gasteiger partial charge in [-0.1, -0.05) is 0 Å². The Morgan fingerprint density at radius 3 is 2.33 bits per heavy atom. The van der Waals surface area contributed by atoms with Crippen molar-refractivity contribution in [3.63, 3.8) is 0 Å². The lowest BCUT2D eigenvalue weighted by atomic mass is 10.1. The van der Waals surface area contributed by atoms with E-state index in [1.54, 1.807) is 0 Å². The van der Waals surface area contributed by atoms with E-state index in [1.165, 1.54) is 4.90 Å². The molecular weight excluding hydrogens is 298 g/mol. The summed E-state index contributed by atoms with van der Waals surface area (Å²) in [6.45, 7) is 2.68. The molecule has 0 aromatic heterocycles. The molecule has 2 rings (SSSR count). The number of ether oxygens (including phenoxy) is 1. The van der Waals surface area contributed by atoms with Gasteiger partial charge in [0, 0.05) is 13.1 Å². The number of rotatable bonds is 6. The molecule has 1 aliphatic heterocycles. The first-order chi connectivity index (χ1) is 9.76. The van der Waals surface area contributed by atoms with Gasteiger partial charge in [0.2, 0.25) is 5.91 Å². The van der Waals surface area contributed by atoms with Crippen molar-refractivity contribution in [1.82, 2.24) is 4.90 Å². The quantitative estimate of drug-likeness (QED) is 0.734. The minimum absolute atomic E-state index is 0.0483. The molecule has 120 valence electrons. The number of morpholine rings is 1. The van der Waals surface area contributed by atoms with Gasteiger partial charge < -0.3 is 14.7 Å². The Labute approximate surface area is 124 Å². The second-order valence-electron chi connectivity index (χ2n) is 5.93. The van der Waals surface area contributed by atoms with E-state index in [1.807, 2.05) is 0 Å². The highest BCUT2D eigenvalue weighted by atomic mass is 32.2. The summed E-state index contributed by atoms with van der Waals surface area (Å²) >= 11 is 0. The molecule has 1 N–H and O–H groups in total. The summed E-state index contributed by atoms with van der Waals surface area (Å²) in [5.74, 6) is -1.99. The molecule has 8 heteroatoms. The summed E-state index contributed by atoms with van der Waals surface area (Å²) in [5.41, 5.74) is 0. The maximum Gasteiger partial charge on any atom is 0.325 e. The van der Waals surface area contributed by atoms with Gasteiger partial charge in [0.15, 0.2) is 14.6 Å². The monoisotopic (exact) mass is 319 g/mol. The van der Waals surface area contributed by atoms with Crippen molar-refractivity contribution in [2.45, 2.75) is 30.9 Å². The molecule has 2 aliphatic rings. The zero-order chi connectivity index (χ0) is 15.7. The summed E-state index contributed by atoms with van der Waals surface area (Å²) in [7, 11) is -3.87. The third-order valence-corrected chi connectivity index (χ3v) is 6.75. The standard InChI is InChI=1S/C13H21NO6S/c1-13(12(16)17,21(18,19)9-10-2-3-10)8-11(15)14-4-6-20-7-5-14/h10H,2-9H2,1H3,(H,16,17)/t13-/m1/s1. The number of aliphatic carboxylic acids is 1. The Morgan fingerprint density at radius 2 is 1.86 bits per heavy atom.